The Balaban J connectivity index is 2.64. The number of benzene rings is 1. The van der Waals surface area contributed by atoms with Gasteiger partial charge in [0.05, 0.1) is 5.56 Å². The topological polar surface area (TPSA) is 40.5 Å². The van der Waals surface area contributed by atoms with Crippen LogP contribution in [0.5, 0.6) is 0 Å². The molecule has 1 rings (SSSR count). The van der Waals surface area contributed by atoms with E-state index in [-0.39, 0.29) is 0 Å². The van der Waals surface area contributed by atoms with Crippen molar-refractivity contribution in [1.29, 1.82) is 0 Å². The first-order valence-electron chi connectivity index (χ1n) is 6.41. The van der Waals surface area contributed by atoms with Crippen LogP contribution in [-0.4, -0.2) is 29.6 Å². The predicted molar refractivity (Wildman–Crippen MR) is 73.9 cm³/mol. The zero-order valence-corrected chi connectivity index (χ0v) is 11.7. The molecule has 0 aliphatic heterocycles. The van der Waals surface area contributed by atoms with Gasteiger partial charge >= 0.3 is 5.97 Å². The van der Waals surface area contributed by atoms with Crippen LogP contribution >= 0.6 is 0 Å². The molecule has 0 aliphatic carbocycles. The SMILES string of the molecule is Cc1cc(C(=O)O)ccc1CN(C)CCC(C)C. The normalized spacial score (nSPS) is 11.2. The Morgan fingerprint density at radius 2 is 2.06 bits per heavy atom. The van der Waals surface area contributed by atoms with Crippen molar-refractivity contribution in [2.75, 3.05) is 13.6 Å². The molecule has 1 aromatic rings. The first kappa shape index (κ1) is 14.7. The van der Waals surface area contributed by atoms with Crippen LogP contribution in [-0.2, 0) is 6.54 Å². The minimum atomic E-state index is -0.863. The number of aromatic carboxylic acids is 1. The van der Waals surface area contributed by atoms with E-state index in [1.165, 1.54) is 12.0 Å². The summed E-state index contributed by atoms with van der Waals surface area (Å²) in [6.07, 6.45) is 1.18. The summed E-state index contributed by atoms with van der Waals surface area (Å²) in [6.45, 7) is 8.36. The second-order valence-corrected chi connectivity index (χ2v) is 5.37. The molecule has 1 aromatic carbocycles. The average molecular weight is 249 g/mol. The Hall–Kier alpha value is -1.35. The molecule has 0 amide bonds. The summed E-state index contributed by atoms with van der Waals surface area (Å²) in [4.78, 5) is 13.1. The van der Waals surface area contributed by atoms with Gasteiger partial charge in [0.2, 0.25) is 0 Å². The van der Waals surface area contributed by atoms with Gasteiger partial charge in [-0.05, 0) is 56.1 Å². The summed E-state index contributed by atoms with van der Waals surface area (Å²) in [7, 11) is 2.10. The number of hydrogen-bond acceptors (Lipinski definition) is 2. The van der Waals surface area contributed by atoms with Crippen molar-refractivity contribution in [1.82, 2.24) is 4.90 Å². The Kier molecular flexibility index (Phi) is 5.35. The number of carbonyl (C=O) groups is 1. The maximum Gasteiger partial charge on any atom is 0.335 e. The molecule has 0 heterocycles. The minimum Gasteiger partial charge on any atom is -0.478 e. The third-order valence-corrected chi connectivity index (χ3v) is 3.12. The van der Waals surface area contributed by atoms with Gasteiger partial charge in [-0.1, -0.05) is 19.9 Å². The molecule has 0 saturated heterocycles. The highest BCUT2D eigenvalue weighted by atomic mass is 16.4. The molecular formula is C15H23NO2. The molecule has 0 unspecified atom stereocenters. The molecule has 3 nitrogen and oxygen atoms in total. The number of rotatable bonds is 6. The fourth-order valence-corrected chi connectivity index (χ4v) is 1.85. The lowest BCUT2D eigenvalue weighted by Crippen LogP contribution is -2.21. The number of carboxylic acids is 1. The van der Waals surface area contributed by atoms with Crippen LogP contribution in [0.3, 0.4) is 0 Å². The lowest BCUT2D eigenvalue weighted by atomic mass is 10.0. The van der Waals surface area contributed by atoms with E-state index in [1.807, 2.05) is 13.0 Å². The molecule has 0 spiro atoms. The molecule has 0 aliphatic rings. The molecular weight excluding hydrogens is 226 g/mol. The third kappa shape index (κ3) is 4.49. The van der Waals surface area contributed by atoms with Crippen LogP contribution < -0.4 is 0 Å². The van der Waals surface area contributed by atoms with Gasteiger partial charge in [0.25, 0.3) is 0 Å². The van der Waals surface area contributed by atoms with E-state index in [9.17, 15) is 4.79 Å². The maximum absolute atomic E-state index is 10.9. The van der Waals surface area contributed by atoms with Crippen molar-refractivity contribution in [2.45, 2.75) is 33.7 Å². The van der Waals surface area contributed by atoms with Gasteiger partial charge in [-0.2, -0.15) is 0 Å². The van der Waals surface area contributed by atoms with Gasteiger partial charge in [0.1, 0.15) is 0 Å². The number of nitrogens with zero attached hydrogens (tertiary/aromatic N) is 1. The van der Waals surface area contributed by atoms with Gasteiger partial charge < -0.3 is 10.0 Å². The van der Waals surface area contributed by atoms with Crippen molar-refractivity contribution in [2.24, 2.45) is 5.92 Å². The Morgan fingerprint density at radius 1 is 1.39 bits per heavy atom. The van der Waals surface area contributed by atoms with E-state index >= 15 is 0 Å². The second kappa shape index (κ2) is 6.55. The smallest absolute Gasteiger partial charge is 0.335 e. The summed E-state index contributed by atoms with van der Waals surface area (Å²) in [6, 6.07) is 5.35. The predicted octanol–water partition coefficient (Wildman–Crippen LogP) is 3.17. The van der Waals surface area contributed by atoms with E-state index in [4.69, 9.17) is 5.11 Å². The van der Waals surface area contributed by atoms with E-state index in [0.29, 0.717) is 11.5 Å². The van der Waals surface area contributed by atoms with Gasteiger partial charge in [-0.3, -0.25) is 0 Å². The monoisotopic (exact) mass is 249 g/mol. The summed E-state index contributed by atoms with van der Waals surface area (Å²) in [5.74, 6) is -0.152. The van der Waals surface area contributed by atoms with Crippen molar-refractivity contribution >= 4 is 5.97 Å². The Morgan fingerprint density at radius 3 is 2.56 bits per heavy atom. The Labute approximate surface area is 109 Å². The zero-order valence-electron chi connectivity index (χ0n) is 11.7. The van der Waals surface area contributed by atoms with E-state index in [1.54, 1.807) is 12.1 Å². The first-order valence-corrected chi connectivity index (χ1v) is 6.41. The molecule has 0 atom stereocenters. The van der Waals surface area contributed by atoms with Crippen molar-refractivity contribution in [3.63, 3.8) is 0 Å². The molecule has 0 aromatic heterocycles. The number of hydrogen-bond donors (Lipinski definition) is 1. The fraction of sp³-hybridized carbons (Fsp3) is 0.533. The second-order valence-electron chi connectivity index (χ2n) is 5.37. The standard InChI is InChI=1S/C15H23NO2/c1-11(2)7-8-16(4)10-14-6-5-13(15(17)18)9-12(14)3/h5-6,9,11H,7-8,10H2,1-4H3,(H,17,18). The van der Waals surface area contributed by atoms with Crippen molar-refractivity contribution in [3.05, 3.63) is 34.9 Å². The molecule has 0 radical (unpaired) electrons. The third-order valence-electron chi connectivity index (χ3n) is 3.12. The van der Waals surface area contributed by atoms with Gasteiger partial charge in [0, 0.05) is 6.54 Å². The molecule has 18 heavy (non-hydrogen) atoms. The van der Waals surface area contributed by atoms with Crippen LogP contribution in [0.25, 0.3) is 0 Å². The first-order chi connectivity index (χ1) is 8.40. The van der Waals surface area contributed by atoms with E-state index in [2.05, 4.69) is 25.8 Å². The van der Waals surface area contributed by atoms with Crippen LogP contribution in [0.2, 0.25) is 0 Å². The number of carboxylic acid groups (broad SMARTS) is 1. The summed E-state index contributed by atoms with van der Waals surface area (Å²) >= 11 is 0. The summed E-state index contributed by atoms with van der Waals surface area (Å²) in [5.41, 5.74) is 2.61. The molecule has 100 valence electrons. The van der Waals surface area contributed by atoms with E-state index in [0.717, 1.165) is 18.7 Å². The fourth-order valence-electron chi connectivity index (χ4n) is 1.85. The van der Waals surface area contributed by atoms with E-state index < -0.39 is 5.97 Å². The van der Waals surface area contributed by atoms with Crippen molar-refractivity contribution in [3.8, 4) is 0 Å². The highest BCUT2D eigenvalue weighted by molar-refractivity contribution is 5.87. The maximum atomic E-state index is 10.9. The Bertz CT molecular complexity index is 413. The summed E-state index contributed by atoms with van der Waals surface area (Å²) in [5, 5.41) is 8.92. The van der Waals surface area contributed by atoms with Gasteiger partial charge in [-0.15, -0.1) is 0 Å². The van der Waals surface area contributed by atoms with Gasteiger partial charge in [0.15, 0.2) is 0 Å². The lowest BCUT2D eigenvalue weighted by molar-refractivity contribution is 0.0696. The molecule has 3 heteroatoms. The minimum absolute atomic E-state index is 0.362. The molecule has 0 bridgehead atoms. The largest absolute Gasteiger partial charge is 0.478 e. The van der Waals surface area contributed by atoms with Crippen LogP contribution in [0.15, 0.2) is 18.2 Å². The quantitative estimate of drug-likeness (QED) is 0.841. The molecule has 1 N–H and O–H groups in total. The van der Waals surface area contributed by atoms with Crippen LogP contribution in [0, 0.1) is 12.8 Å². The highest BCUT2D eigenvalue weighted by Crippen LogP contribution is 2.14. The molecule has 0 fully saturated rings. The summed E-state index contributed by atoms with van der Waals surface area (Å²) < 4.78 is 0. The van der Waals surface area contributed by atoms with Crippen LogP contribution in [0.1, 0.15) is 41.8 Å². The van der Waals surface area contributed by atoms with Crippen molar-refractivity contribution < 1.29 is 9.90 Å². The molecule has 0 saturated carbocycles. The van der Waals surface area contributed by atoms with Gasteiger partial charge in [-0.25, -0.2) is 4.79 Å². The number of aryl methyl sites for hydroxylation is 1. The van der Waals surface area contributed by atoms with Crippen LogP contribution in [0.4, 0.5) is 0 Å². The average Bonchev–Trinajstić information content (AvgIpc) is 2.29. The zero-order chi connectivity index (χ0) is 13.7. The highest BCUT2D eigenvalue weighted by Gasteiger charge is 2.08. The lowest BCUT2D eigenvalue weighted by Gasteiger charge is -2.19.